The Bertz CT molecular complexity index is 652. The SMILES string of the molecule is C=CCn1cc(CNCc2cc(Cl)ccc2OCCC)c(C)n1. The Morgan fingerprint density at radius 1 is 1.35 bits per heavy atom. The molecule has 0 amide bonds. The van der Waals surface area contributed by atoms with Crippen LogP contribution in [0.3, 0.4) is 0 Å². The van der Waals surface area contributed by atoms with Crippen molar-refractivity contribution in [2.75, 3.05) is 6.61 Å². The zero-order chi connectivity index (χ0) is 16.7. The monoisotopic (exact) mass is 333 g/mol. The van der Waals surface area contributed by atoms with Gasteiger partial charge in [0.15, 0.2) is 0 Å². The van der Waals surface area contributed by atoms with Crippen molar-refractivity contribution in [2.45, 2.75) is 39.9 Å². The normalized spacial score (nSPS) is 10.7. The molecule has 1 aromatic heterocycles. The van der Waals surface area contributed by atoms with Crippen molar-refractivity contribution in [3.8, 4) is 5.75 Å². The van der Waals surface area contributed by atoms with Gasteiger partial charge in [-0.15, -0.1) is 6.58 Å². The average Bonchev–Trinajstić information content (AvgIpc) is 2.87. The Balaban J connectivity index is 1.97. The van der Waals surface area contributed by atoms with Gasteiger partial charge in [-0.2, -0.15) is 5.10 Å². The lowest BCUT2D eigenvalue weighted by molar-refractivity contribution is 0.313. The minimum absolute atomic E-state index is 0.700. The van der Waals surface area contributed by atoms with Gasteiger partial charge in [0.05, 0.1) is 18.8 Å². The number of nitrogens with one attached hydrogen (secondary N) is 1. The molecule has 0 saturated carbocycles. The highest BCUT2D eigenvalue weighted by Gasteiger charge is 2.07. The van der Waals surface area contributed by atoms with Crippen LogP contribution in [-0.2, 0) is 19.6 Å². The van der Waals surface area contributed by atoms with Crippen LogP contribution in [0.25, 0.3) is 0 Å². The van der Waals surface area contributed by atoms with Crippen LogP contribution in [0.5, 0.6) is 5.75 Å². The van der Waals surface area contributed by atoms with Gasteiger partial charge in [-0.1, -0.05) is 24.6 Å². The van der Waals surface area contributed by atoms with E-state index >= 15 is 0 Å². The summed E-state index contributed by atoms with van der Waals surface area (Å²) in [5.74, 6) is 0.892. The van der Waals surface area contributed by atoms with Crippen LogP contribution in [0, 0.1) is 6.92 Å². The van der Waals surface area contributed by atoms with Gasteiger partial charge in [-0.05, 0) is 31.5 Å². The maximum absolute atomic E-state index is 6.10. The smallest absolute Gasteiger partial charge is 0.123 e. The number of allylic oxidation sites excluding steroid dienone is 1. The molecule has 0 unspecified atom stereocenters. The van der Waals surface area contributed by atoms with Gasteiger partial charge >= 0.3 is 0 Å². The average molecular weight is 334 g/mol. The Hall–Kier alpha value is -1.78. The van der Waals surface area contributed by atoms with E-state index in [0.29, 0.717) is 13.2 Å². The molecule has 0 aliphatic carbocycles. The summed E-state index contributed by atoms with van der Waals surface area (Å²) < 4.78 is 7.68. The summed E-state index contributed by atoms with van der Waals surface area (Å²) in [7, 11) is 0. The number of hydrogen-bond acceptors (Lipinski definition) is 3. The van der Waals surface area contributed by atoms with Crippen molar-refractivity contribution in [2.24, 2.45) is 0 Å². The second-order valence-corrected chi connectivity index (χ2v) is 5.89. The van der Waals surface area contributed by atoms with Gasteiger partial charge in [0.1, 0.15) is 5.75 Å². The van der Waals surface area contributed by atoms with Crippen LogP contribution in [-0.4, -0.2) is 16.4 Å². The number of halogens is 1. The summed E-state index contributed by atoms with van der Waals surface area (Å²) in [6.07, 6.45) is 4.88. The van der Waals surface area contributed by atoms with E-state index in [1.807, 2.05) is 35.9 Å². The zero-order valence-corrected chi connectivity index (χ0v) is 14.6. The van der Waals surface area contributed by atoms with E-state index in [1.165, 1.54) is 5.56 Å². The summed E-state index contributed by atoms with van der Waals surface area (Å²) in [6, 6.07) is 5.75. The maximum atomic E-state index is 6.10. The standard InChI is InChI=1S/C18H24ClN3O/c1-4-8-22-13-16(14(3)21-22)12-20-11-15-10-17(19)6-7-18(15)23-9-5-2/h4,6-7,10,13,20H,1,5,8-9,11-12H2,2-3H3. The van der Waals surface area contributed by atoms with Gasteiger partial charge in [0.25, 0.3) is 0 Å². The highest BCUT2D eigenvalue weighted by Crippen LogP contribution is 2.23. The number of aryl methyl sites for hydroxylation is 1. The van der Waals surface area contributed by atoms with Gasteiger partial charge < -0.3 is 10.1 Å². The first-order chi connectivity index (χ1) is 11.1. The quantitative estimate of drug-likeness (QED) is 0.702. The number of hydrogen-bond donors (Lipinski definition) is 1. The molecule has 4 nitrogen and oxygen atoms in total. The van der Waals surface area contributed by atoms with E-state index in [-0.39, 0.29) is 0 Å². The fourth-order valence-corrected chi connectivity index (χ4v) is 2.52. The second kappa shape index (κ2) is 8.75. The molecule has 124 valence electrons. The van der Waals surface area contributed by atoms with Gasteiger partial charge in [0.2, 0.25) is 0 Å². The second-order valence-electron chi connectivity index (χ2n) is 5.45. The molecule has 0 saturated heterocycles. The summed E-state index contributed by atoms with van der Waals surface area (Å²) in [5.41, 5.74) is 3.29. The molecule has 0 bridgehead atoms. The predicted molar refractivity (Wildman–Crippen MR) is 94.9 cm³/mol. The van der Waals surface area contributed by atoms with Crippen molar-refractivity contribution in [3.63, 3.8) is 0 Å². The molecule has 23 heavy (non-hydrogen) atoms. The summed E-state index contributed by atoms with van der Waals surface area (Å²) in [5, 5.41) is 8.62. The molecule has 0 radical (unpaired) electrons. The molecule has 1 heterocycles. The van der Waals surface area contributed by atoms with Crippen LogP contribution >= 0.6 is 11.6 Å². The number of aromatic nitrogens is 2. The van der Waals surface area contributed by atoms with Crippen molar-refractivity contribution in [1.29, 1.82) is 0 Å². The van der Waals surface area contributed by atoms with E-state index in [4.69, 9.17) is 16.3 Å². The van der Waals surface area contributed by atoms with Crippen molar-refractivity contribution < 1.29 is 4.74 Å². The molecular weight excluding hydrogens is 310 g/mol. The number of rotatable bonds is 9. The Morgan fingerprint density at radius 3 is 2.87 bits per heavy atom. The highest BCUT2D eigenvalue weighted by molar-refractivity contribution is 6.30. The molecule has 2 aromatic rings. The minimum atomic E-state index is 0.700. The Kier molecular flexibility index (Phi) is 6.68. The van der Waals surface area contributed by atoms with Crippen molar-refractivity contribution >= 4 is 11.6 Å². The third-order valence-corrected chi connectivity index (χ3v) is 3.71. The van der Waals surface area contributed by atoms with Gasteiger partial charge in [-0.3, -0.25) is 4.68 Å². The van der Waals surface area contributed by atoms with Crippen LogP contribution < -0.4 is 10.1 Å². The topological polar surface area (TPSA) is 39.1 Å². The lowest BCUT2D eigenvalue weighted by atomic mass is 10.2. The number of benzene rings is 1. The molecular formula is C18H24ClN3O. The molecule has 0 atom stereocenters. The van der Waals surface area contributed by atoms with E-state index in [9.17, 15) is 0 Å². The molecule has 2 rings (SSSR count). The summed E-state index contributed by atoms with van der Waals surface area (Å²) in [4.78, 5) is 0. The highest BCUT2D eigenvalue weighted by atomic mass is 35.5. The number of ether oxygens (including phenoxy) is 1. The first kappa shape index (κ1) is 17.6. The van der Waals surface area contributed by atoms with Gasteiger partial charge in [0, 0.05) is 35.4 Å². The molecule has 5 heteroatoms. The van der Waals surface area contributed by atoms with Crippen LogP contribution in [0.1, 0.15) is 30.2 Å². The van der Waals surface area contributed by atoms with Gasteiger partial charge in [-0.25, -0.2) is 0 Å². The largest absolute Gasteiger partial charge is 0.493 e. The lowest BCUT2D eigenvalue weighted by Gasteiger charge is -2.12. The fraction of sp³-hybridized carbons (Fsp3) is 0.389. The lowest BCUT2D eigenvalue weighted by Crippen LogP contribution is -2.14. The van der Waals surface area contributed by atoms with E-state index in [2.05, 4.69) is 30.1 Å². The van der Waals surface area contributed by atoms with Crippen LogP contribution in [0.2, 0.25) is 5.02 Å². The molecule has 0 aliphatic rings. The Morgan fingerprint density at radius 2 is 2.13 bits per heavy atom. The van der Waals surface area contributed by atoms with Crippen molar-refractivity contribution in [3.05, 3.63) is 58.9 Å². The Labute approximate surface area is 143 Å². The maximum Gasteiger partial charge on any atom is 0.123 e. The third kappa shape index (κ3) is 5.12. The van der Waals surface area contributed by atoms with E-state index < -0.39 is 0 Å². The molecule has 0 spiro atoms. The fourth-order valence-electron chi connectivity index (χ4n) is 2.33. The van der Waals surface area contributed by atoms with Crippen molar-refractivity contribution in [1.82, 2.24) is 15.1 Å². The molecule has 0 aliphatic heterocycles. The third-order valence-electron chi connectivity index (χ3n) is 3.48. The number of nitrogens with zero attached hydrogens (tertiary/aromatic N) is 2. The summed E-state index contributed by atoms with van der Waals surface area (Å²) >= 11 is 6.10. The van der Waals surface area contributed by atoms with Crippen LogP contribution in [0.15, 0.2) is 37.1 Å². The minimum Gasteiger partial charge on any atom is -0.493 e. The zero-order valence-electron chi connectivity index (χ0n) is 13.8. The molecule has 1 aromatic carbocycles. The predicted octanol–water partition coefficient (Wildman–Crippen LogP) is 4.11. The first-order valence-electron chi connectivity index (χ1n) is 7.89. The summed E-state index contributed by atoms with van der Waals surface area (Å²) in [6.45, 7) is 10.7. The van der Waals surface area contributed by atoms with Crippen LogP contribution in [0.4, 0.5) is 0 Å². The molecule has 1 N–H and O–H groups in total. The molecule has 0 fully saturated rings. The first-order valence-corrected chi connectivity index (χ1v) is 8.27. The van der Waals surface area contributed by atoms with E-state index in [1.54, 1.807) is 0 Å². The van der Waals surface area contributed by atoms with E-state index in [0.717, 1.165) is 41.5 Å².